The summed E-state index contributed by atoms with van der Waals surface area (Å²) < 4.78 is 0. The summed E-state index contributed by atoms with van der Waals surface area (Å²) in [4.78, 5) is 0. The van der Waals surface area contributed by atoms with Crippen LogP contribution in [0.3, 0.4) is 0 Å². The quantitative estimate of drug-likeness (QED) is 0.683. The molecule has 0 spiro atoms. The Morgan fingerprint density at radius 1 is 1.64 bits per heavy atom. The first-order valence-corrected chi connectivity index (χ1v) is 5.45. The Balaban J connectivity index is 2.79. The van der Waals surface area contributed by atoms with Crippen LogP contribution in [0.1, 0.15) is 39.5 Å². The molecule has 1 nitrogen and oxygen atoms in total. The van der Waals surface area contributed by atoms with Gasteiger partial charge >= 0.3 is 0 Å². The first kappa shape index (κ1) is 11.5. The van der Waals surface area contributed by atoms with E-state index in [1.165, 1.54) is 18.4 Å². The normalized spacial score (nSPS) is 28.5. The molecule has 0 aromatic carbocycles. The zero-order valence-electron chi connectivity index (χ0n) is 9.42. The van der Waals surface area contributed by atoms with E-state index in [-0.39, 0.29) is 17.4 Å². The predicted molar refractivity (Wildman–Crippen MR) is 61.1 cm³/mol. The van der Waals surface area contributed by atoms with Crippen molar-refractivity contribution < 1.29 is 5.11 Å². The van der Waals surface area contributed by atoms with Gasteiger partial charge in [-0.3, -0.25) is 0 Å². The summed E-state index contributed by atoms with van der Waals surface area (Å²) in [6.07, 6.45) is 5.64. The Hall–Kier alpha value is -0.560. The average molecular weight is 194 g/mol. The van der Waals surface area contributed by atoms with Crippen LogP contribution in [0.15, 0.2) is 24.8 Å². The van der Waals surface area contributed by atoms with E-state index in [1.807, 2.05) is 0 Å². The summed E-state index contributed by atoms with van der Waals surface area (Å²) in [5, 5.41) is 10.0. The molecule has 0 radical (unpaired) electrons. The monoisotopic (exact) mass is 194 g/mol. The third kappa shape index (κ3) is 2.27. The standard InChI is InChI=1S/C13H22O/c1-5-7-11(14)12-10(2)8-6-9-13(12,3)4/h5,11-12,14H,1-2,6-9H2,3-4H3/t11?,12-/m0/s1. The van der Waals surface area contributed by atoms with Gasteiger partial charge in [-0.15, -0.1) is 6.58 Å². The van der Waals surface area contributed by atoms with Crippen LogP contribution in [0.25, 0.3) is 0 Å². The maximum absolute atomic E-state index is 10.0. The van der Waals surface area contributed by atoms with Crippen LogP contribution in [0, 0.1) is 11.3 Å². The van der Waals surface area contributed by atoms with Crippen LogP contribution in [0.5, 0.6) is 0 Å². The topological polar surface area (TPSA) is 20.2 Å². The smallest absolute Gasteiger partial charge is 0.0644 e. The molecule has 1 fully saturated rings. The van der Waals surface area contributed by atoms with E-state index in [1.54, 1.807) is 6.08 Å². The fourth-order valence-corrected chi connectivity index (χ4v) is 2.73. The lowest BCUT2D eigenvalue weighted by Crippen LogP contribution is -2.37. The molecule has 1 rings (SSSR count). The summed E-state index contributed by atoms with van der Waals surface area (Å²) in [6.45, 7) is 12.2. The van der Waals surface area contributed by atoms with E-state index in [0.717, 1.165) is 6.42 Å². The lowest BCUT2D eigenvalue weighted by molar-refractivity contribution is 0.0396. The van der Waals surface area contributed by atoms with Gasteiger partial charge in [0.2, 0.25) is 0 Å². The third-order valence-corrected chi connectivity index (χ3v) is 3.39. The zero-order valence-corrected chi connectivity index (χ0v) is 9.42. The highest BCUT2D eigenvalue weighted by Gasteiger charge is 2.38. The highest BCUT2D eigenvalue weighted by molar-refractivity contribution is 5.12. The molecule has 0 aromatic heterocycles. The molecule has 0 amide bonds. The Morgan fingerprint density at radius 3 is 2.79 bits per heavy atom. The van der Waals surface area contributed by atoms with Crippen molar-refractivity contribution in [3.63, 3.8) is 0 Å². The van der Waals surface area contributed by atoms with Crippen LogP contribution in [0.4, 0.5) is 0 Å². The molecular weight excluding hydrogens is 172 g/mol. The van der Waals surface area contributed by atoms with Crippen LogP contribution in [0.2, 0.25) is 0 Å². The Kier molecular flexibility index (Phi) is 3.54. The van der Waals surface area contributed by atoms with E-state index >= 15 is 0 Å². The molecule has 2 atom stereocenters. The highest BCUT2D eigenvalue weighted by atomic mass is 16.3. The zero-order chi connectivity index (χ0) is 10.8. The van der Waals surface area contributed by atoms with Gasteiger partial charge in [-0.2, -0.15) is 0 Å². The number of hydrogen-bond acceptors (Lipinski definition) is 1. The maximum Gasteiger partial charge on any atom is 0.0644 e. The second-order valence-corrected chi connectivity index (χ2v) is 5.07. The van der Waals surface area contributed by atoms with Crippen molar-refractivity contribution in [3.05, 3.63) is 24.8 Å². The van der Waals surface area contributed by atoms with Gasteiger partial charge < -0.3 is 5.11 Å². The second-order valence-electron chi connectivity index (χ2n) is 5.07. The molecule has 1 unspecified atom stereocenters. The summed E-state index contributed by atoms with van der Waals surface area (Å²) >= 11 is 0. The number of aliphatic hydroxyl groups excluding tert-OH is 1. The van der Waals surface area contributed by atoms with Gasteiger partial charge in [0, 0.05) is 5.92 Å². The first-order chi connectivity index (χ1) is 6.49. The maximum atomic E-state index is 10.0. The second kappa shape index (κ2) is 4.31. The van der Waals surface area contributed by atoms with Gasteiger partial charge in [0.05, 0.1) is 6.10 Å². The molecule has 1 aliphatic carbocycles. The van der Waals surface area contributed by atoms with E-state index in [2.05, 4.69) is 27.0 Å². The molecule has 1 aliphatic rings. The molecule has 0 aromatic rings. The molecular formula is C13H22O. The summed E-state index contributed by atoms with van der Waals surface area (Å²) in [5.41, 5.74) is 1.41. The number of rotatable bonds is 3. The van der Waals surface area contributed by atoms with Gasteiger partial charge in [-0.25, -0.2) is 0 Å². The summed E-state index contributed by atoms with van der Waals surface area (Å²) in [5.74, 6) is 0.245. The molecule has 0 bridgehead atoms. The van der Waals surface area contributed by atoms with Gasteiger partial charge in [0.25, 0.3) is 0 Å². The minimum absolute atomic E-state index is 0.192. The van der Waals surface area contributed by atoms with Gasteiger partial charge in [-0.05, 0) is 31.1 Å². The number of hydrogen-bond donors (Lipinski definition) is 1. The van der Waals surface area contributed by atoms with Crippen molar-refractivity contribution >= 4 is 0 Å². The first-order valence-electron chi connectivity index (χ1n) is 5.45. The lowest BCUT2D eigenvalue weighted by Gasteiger charge is -2.42. The minimum atomic E-state index is -0.296. The van der Waals surface area contributed by atoms with E-state index in [9.17, 15) is 5.11 Å². The van der Waals surface area contributed by atoms with Crippen molar-refractivity contribution in [1.82, 2.24) is 0 Å². The Morgan fingerprint density at radius 2 is 2.29 bits per heavy atom. The molecule has 0 aliphatic heterocycles. The number of aliphatic hydroxyl groups is 1. The predicted octanol–water partition coefficient (Wildman–Crippen LogP) is 3.31. The van der Waals surface area contributed by atoms with Crippen molar-refractivity contribution in [2.24, 2.45) is 11.3 Å². The van der Waals surface area contributed by atoms with Crippen LogP contribution >= 0.6 is 0 Å². The third-order valence-electron chi connectivity index (χ3n) is 3.39. The van der Waals surface area contributed by atoms with E-state index in [4.69, 9.17) is 0 Å². The van der Waals surface area contributed by atoms with Crippen LogP contribution in [-0.4, -0.2) is 11.2 Å². The summed E-state index contributed by atoms with van der Waals surface area (Å²) in [6, 6.07) is 0. The highest BCUT2D eigenvalue weighted by Crippen LogP contribution is 2.45. The van der Waals surface area contributed by atoms with E-state index in [0.29, 0.717) is 6.42 Å². The Labute approximate surface area is 87.5 Å². The van der Waals surface area contributed by atoms with E-state index < -0.39 is 0 Å². The van der Waals surface area contributed by atoms with Crippen LogP contribution < -0.4 is 0 Å². The average Bonchev–Trinajstić information content (AvgIpc) is 2.02. The molecule has 1 saturated carbocycles. The van der Waals surface area contributed by atoms with Gasteiger partial charge in [0.1, 0.15) is 0 Å². The van der Waals surface area contributed by atoms with Crippen LogP contribution in [-0.2, 0) is 0 Å². The van der Waals surface area contributed by atoms with Crippen molar-refractivity contribution in [3.8, 4) is 0 Å². The molecule has 1 N–H and O–H groups in total. The molecule has 0 heterocycles. The van der Waals surface area contributed by atoms with Crippen molar-refractivity contribution in [1.29, 1.82) is 0 Å². The van der Waals surface area contributed by atoms with Gasteiger partial charge in [0.15, 0.2) is 0 Å². The Bertz CT molecular complexity index is 227. The van der Waals surface area contributed by atoms with Crippen molar-refractivity contribution in [2.75, 3.05) is 0 Å². The summed E-state index contributed by atoms with van der Waals surface area (Å²) in [7, 11) is 0. The molecule has 14 heavy (non-hydrogen) atoms. The van der Waals surface area contributed by atoms with Crippen molar-refractivity contribution in [2.45, 2.75) is 45.6 Å². The largest absolute Gasteiger partial charge is 0.392 e. The van der Waals surface area contributed by atoms with Gasteiger partial charge in [-0.1, -0.05) is 32.1 Å². The SMILES string of the molecule is C=CCC(O)[C@@H]1C(=C)CCCC1(C)C. The molecule has 1 heteroatoms. The minimum Gasteiger partial charge on any atom is -0.392 e. The fourth-order valence-electron chi connectivity index (χ4n) is 2.73. The fraction of sp³-hybridized carbons (Fsp3) is 0.692. The molecule has 80 valence electrons. The lowest BCUT2D eigenvalue weighted by atomic mass is 9.64. The molecule has 0 saturated heterocycles.